The van der Waals surface area contributed by atoms with E-state index in [-0.39, 0.29) is 23.8 Å². The molecule has 0 aromatic heterocycles. The zero-order valence-electron chi connectivity index (χ0n) is 11.8. The molecule has 20 heavy (non-hydrogen) atoms. The van der Waals surface area contributed by atoms with Crippen molar-refractivity contribution in [1.29, 1.82) is 0 Å². The summed E-state index contributed by atoms with van der Waals surface area (Å²) in [5, 5.41) is 2.72. The van der Waals surface area contributed by atoms with Crippen LogP contribution in [0.3, 0.4) is 0 Å². The highest BCUT2D eigenvalue weighted by molar-refractivity contribution is 5.93. The van der Waals surface area contributed by atoms with Gasteiger partial charge in [0.25, 0.3) is 5.91 Å². The van der Waals surface area contributed by atoms with Crippen LogP contribution in [0.4, 0.5) is 5.69 Å². The van der Waals surface area contributed by atoms with Crippen molar-refractivity contribution >= 4 is 17.6 Å². The van der Waals surface area contributed by atoms with Gasteiger partial charge in [-0.3, -0.25) is 4.79 Å². The standard InChI is InChI=1S/C14H20N2O4/c1-3-4-7-16-13(17)9-20-12-8-10(15)5-6-11(12)14(18)19-2/h5-6,8H,3-4,7,9,15H2,1-2H3,(H,16,17). The number of nitrogen functional groups attached to an aromatic ring is 1. The van der Waals surface area contributed by atoms with Crippen LogP contribution in [-0.4, -0.2) is 32.1 Å². The Morgan fingerprint density at radius 3 is 2.75 bits per heavy atom. The largest absolute Gasteiger partial charge is 0.483 e. The van der Waals surface area contributed by atoms with E-state index >= 15 is 0 Å². The van der Waals surface area contributed by atoms with Crippen LogP contribution < -0.4 is 15.8 Å². The first-order chi connectivity index (χ1) is 9.58. The summed E-state index contributed by atoms with van der Waals surface area (Å²) in [5.41, 5.74) is 6.32. The average Bonchev–Trinajstić information content (AvgIpc) is 2.44. The Morgan fingerprint density at radius 1 is 1.35 bits per heavy atom. The Labute approximate surface area is 118 Å². The van der Waals surface area contributed by atoms with Crippen LogP contribution >= 0.6 is 0 Å². The molecule has 1 rings (SSSR count). The maximum atomic E-state index is 11.6. The normalized spacial score (nSPS) is 9.90. The number of carbonyl (C=O) groups is 2. The zero-order chi connectivity index (χ0) is 15.0. The quantitative estimate of drug-likeness (QED) is 0.447. The molecule has 0 fully saturated rings. The van der Waals surface area contributed by atoms with E-state index in [4.69, 9.17) is 10.5 Å². The third kappa shape index (κ3) is 4.79. The van der Waals surface area contributed by atoms with E-state index in [0.717, 1.165) is 12.8 Å². The van der Waals surface area contributed by atoms with E-state index in [9.17, 15) is 9.59 Å². The summed E-state index contributed by atoms with van der Waals surface area (Å²) >= 11 is 0. The third-order valence-corrected chi connectivity index (χ3v) is 2.62. The van der Waals surface area contributed by atoms with Crippen LogP contribution in [0.25, 0.3) is 0 Å². The van der Waals surface area contributed by atoms with E-state index in [1.54, 1.807) is 6.07 Å². The lowest BCUT2D eigenvalue weighted by atomic mass is 10.2. The molecule has 0 heterocycles. The Hall–Kier alpha value is -2.24. The van der Waals surface area contributed by atoms with Gasteiger partial charge in [0.1, 0.15) is 11.3 Å². The molecule has 6 nitrogen and oxygen atoms in total. The summed E-state index contributed by atoms with van der Waals surface area (Å²) in [6.07, 6.45) is 1.92. The molecule has 6 heteroatoms. The van der Waals surface area contributed by atoms with Crippen molar-refractivity contribution in [2.24, 2.45) is 0 Å². The number of nitrogens with two attached hydrogens (primary N) is 1. The highest BCUT2D eigenvalue weighted by Gasteiger charge is 2.14. The molecule has 0 saturated carbocycles. The van der Waals surface area contributed by atoms with Gasteiger partial charge in [-0.05, 0) is 18.6 Å². The third-order valence-electron chi connectivity index (χ3n) is 2.62. The molecule has 0 aliphatic heterocycles. The highest BCUT2D eigenvalue weighted by atomic mass is 16.5. The molecule has 0 saturated heterocycles. The minimum absolute atomic E-state index is 0.169. The number of anilines is 1. The number of unbranched alkanes of at least 4 members (excludes halogenated alkanes) is 1. The summed E-state index contributed by atoms with van der Waals surface area (Å²) in [6, 6.07) is 4.57. The number of methoxy groups -OCH3 is 1. The molecule has 1 aromatic rings. The van der Waals surface area contributed by atoms with E-state index in [1.807, 2.05) is 6.92 Å². The molecule has 0 aliphatic carbocycles. The Morgan fingerprint density at radius 2 is 2.10 bits per heavy atom. The van der Waals surface area contributed by atoms with Gasteiger partial charge >= 0.3 is 5.97 Å². The van der Waals surface area contributed by atoms with E-state index in [2.05, 4.69) is 10.1 Å². The van der Waals surface area contributed by atoms with Gasteiger partial charge in [0.2, 0.25) is 0 Å². The van der Waals surface area contributed by atoms with Gasteiger partial charge in [-0.25, -0.2) is 4.79 Å². The van der Waals surface area contributed by atoms with Crippen molar-refractivity contribution in [2.75, 3.05) is 26.0 Å². The zero-order valence-corrected chi connectivity index (χ0v) is 11.8. The number of benzene rings is 1. The van der Waals surface area contributed by atoms with Crippen molar-refractivity contribution in [1.82, 2.24) is 5.32 Å². The van der Waals surface area contributed by atoms with Crippen LogP contribution in [0.1, 0.15) is 30.1 Å². The lowest BCUT2D eigenvalue weighted by Crippen LogP contribution is -2.29. The van der Waals surface area contributed by atoms with Gasteiger partial charge in [-0.15, -0.1) is 0 Å². The first-order valence-electron chi connectivity index (χ1n) is 6.45. The monoisotopic (exact) mass is 280 g/mol. The van der Waals surface area contributed by atoms with Crippen LogP contribution in [0, 0.1) is 0 Å². The van der Waals surface area contributed by atoms with Gasteiger partial charge < -0.3 is 20.5 Å². The molecule has 110 valence electrons. The number of nitrogens with one attached hydrogen (secondary N) is 1. The van der Waals surface area contributed by atoms with Crippen molar-refractivity contribution in [2.45, 2.75) is 19.8 Å². The van der Waals surface area contributed by atoms with Crippen LogP contribution in [0.5, 0.6) is 5.75 Å². The highest BCUT2D eigenvalue weighted by Crippen LogP contribution is 2.22. The molecule has 0 atom stereocenters. The number of amides is 1. The van der Waals surface area contributed by atoms with Crippen LogP contribution in [0.2, 0.25) is 0 Å². The molecule has 0 radical (unpaired) electrons. The predicted molar refractivity (Wildman–Crippen MR) is 75.6 cm³/mol. The first kappa shape index (κ1) is 15.8. The molecule has 0 bridgehead atoms. The molecule has 3 N–H and O–H groups in total. The SMILES string of the molecule is CCCCNC(=O)COc1cc(N)ccc1C(=O)OC. The maximum Gasteiger partial charge on any atom is 0.341 e. The fourth-order valence-electron chi connectivity index (χ4n) is 1.54. The van der Waals surface area contributed by atoms with E-state index < -0.39 is 5.97 Å². The molecule has 0 spiro atoms. The summed E-state index contributed by atoms with van der Waals surface area (Å²) in [5.74, 6) is -0.537. The molecular weight excluding hydrogens is 260 g/mol. The number of rotatable bonds is 7. The molecular formula is C14H20N2O4. The maximum absolute atomic E-state index is 11.6. The van der Waals surface area contributed by atoms with Crippen molar-refractivity contribution in [3.8, 4) is 5.75 Å². The second-order valence-corrected chi connectivity index (χ2v) is 4.24. The van der Waals surface area contributed by atoms with Crippen LogP contribution in [0.15, 0.2) is 18.2 Å². The summed E-state index contributed by atoms with van der Waals surface area (Å²) in [7, 11) is 1.28. The Balaban J connectivity index is 2.64. The average molecular weight is 280 g/mol. The smallest absolute Gasteiger partial charge is 0.341 e. The van der Waals surface area contributed by atoms with Gasteiger partial charge in [-0.1, -0.05) is 13.3 Å². The first-order valence-corrected chi connectivity index (χ1v) is 6.45. The van der Waals surface area contributed by atoms with Crippen molar-refractivity contribution < 1.29 is 19.1 Å². The lowest BCUT2D eigenvalue weighted by Gasteiger charge is -2.11. The van der Waals surface area contributed by atoms with Crippen molar-refractivity contribution in [3.63, 3.8) is 0 Å². The van der Waals surface area contributed by atoms with Gasteiger partial charge in [0, 0.05) is 18.3 Å². The number of carbonyl (C=O) groups excluding carboxylic acids is 2. The second-order valence-electron chi connectivity index (χ2n) is 4.24. The van der Waals surface area contributed by atoms with E-state index in [0.29, 0.717) is 12.2 Å². The Kier molecular flexibility index (Phi) is 6.36. The number of esters is 1. The number of ether oxygens (including phenoxy) is 2. The van der Waals surface area contributed by atoms with Gasteiger partial charge in [0.15, 0.2) is 6.61 Å². The topological polar surface area (TPSA) is 90.6 Å². The molecule has 1 aromatic carbocycles. The van der Waals surface area contributed by atoms with Crippen molar-refractivity contribution in [3.05, 3.63) is 23.8 Å². The number of hydrogen-bond acceptors (Lipinski definition) is 5. The minimum atomic E-state index is -0.536. The van der Waals surface area contributed by atoms with Gasteiger partial charge in [-0.2, -0.15) is 0 Å². The fourth-order valence-corrected chi connectivity index (χ4v) is 1.54. The fraction of sp³-hybridized carbons (Fsp3) is 0.429. The minimum Gasteiger partial charge on any atom is -0.483 e. The van der Waals surface area contributed by atoms with Crippen LogP contribution in [-0.2, 0) is 9.53 Å². The Bertz CT molecular complexity index is 474. The summed E-state index contributed by atoms with van der Waals surface area (Å²) < 4.78 is 9.98. The second kappa shape index (κ2) is 8.04. The van der Waals surface area contributed by atoms with E-state index in [1.165, 1.54) is 19.2 Å². The molecule has 0 unspecified atom stereocenters. The number of hydrogen-bond donors (Lipinski definition) is 2. The molecule has 0 aliphatic rings. The lowest BCUT2D eigenvalue weighted by molar-refractivity contribution is -0.123. The summed E-state index contributed by atoms with van der Waals surface area (Å²) in [6.45, 7) is 2.48. The van der Waals surface area contributed by atoms with Gasteiger partial charge in [0.05, 0.1) is 7.11 Å². The predicted octanol–water partition coefficient (Wildman–Crippen LogP) is 1.35. The summed E-state index contributed by atoms with van der Waals surface area (Å²) in [4.78, 5) is 23.1. The molecule has 1 amide bonds.